The van der Waals surface area contributed by atoms with Crippen LogP contribution in [-0.4, -0.2) is 16.2 Å². The SMILES string of the molecule is CC(C)(N)CC(c1ccc(O)cc1)C(C)(C)N. The van der Waals surface area contributed by atoms with Gasteiger partial charge in [-0.15, -0.1) is 0 Å². The zero-order valence-corrected chi connectivity index (χ0v) is 11.2. The van der Waals surface area contributed by atoms with Crippen molar-refractivity contribution in [1.82, 2.24) is 0 Å². The first kappa shape index (κ1) is 14.0. The molecule has 0 aliphatic carbocycles. The summed E-state index contributed by atoms with van der Waals surface area (Å²) in [5, 5.41) is 9.32. The number of phenols is 1. The van der Waals surface area contributed by atoms with E-state index in [1.54, 1.807) is 12.1 Å². The van der Waals surface area contributed by atoms with Crippen LogP contribution in [0.5, 0.6) is 5.75 Å². The first-order valence-corrected chi connectivity index (χ1v) is 5.96. The summed E-state index contributed by atoms with van der Waals surface area (Å²) in [6, 6.07) is 7.22. The molecule has 17 heavy (non-hydrogen) atoms. The molecule has 1 aromatic carbocycles. The van der Waals surface area contributed by atoms with E-state index in [1.807, 2.05) is 39.8 Å². The molecule has 1 unspecified atom stereocenters. The molecule has 1 aromatic rings. The van der Waals surface area contributed by atoms with E-state index < -0.39 is 0 Å². The van der Waals surface area contributed by atoms with Crippen LogP contribution in [0.15, 0.2) is 24.3 Å². The van der Waals surface area contributed by atoms with Gasteiger partial charge in [0.25, 0.3) is 0 Å². The fraction of sp³-hybridized carbons (Fsp3) is 0.571. The number of hydrogen-bond acceptors (Lipinski definition) is 3. The number of aromatic hydroxyl groups is 1. The fourth-order valence-corrected chi connectivity index (χ4v) is 2.04. The lowest BCUT2D eigenvalue weighted by Gasteiger charge is -2.35. The largest absolute Gasteiger partial charge is 0.508 e. The molecule has 0 amide bonds. The molecule has 0 heterocycles. The Hall–Kier alpha value is -1.06. The van der Waals surface area contributed by atoms with E-state index in [9.17, 15) is 5.11 Å². The minimum absolute atomic E-state index is 0.170. The minimum atomic E-state index is -0.340. The highest BCUT2D eigenvalue weighted by molar-refractivity contribution is 5.30. The fourth-order valence-electron chi connectivity index (χ4n) is 2.04. The van der Waals surface area contributed by atoms with Crippen molar-refractivity contribution in [3.8, 4) is 5.75 Å². The molecular weight excluding hydrogens is 212 g/mol. The van der Waals surface area contributed by atoms with Gasteiger partial charge in [0.05, 0.1) is 0 Å². The topological polar surface area (TPSA) is 72.3 Å². The molecule has 3 heteroatoms. The van der Waals surface area contributed by atoms with Gasteiger partial charge in [-0.2, -0.15) is 0 Å². The summed E-state index contributed by atoms with van der Waals surface area (Å²) in [6.45, 7) is 8.03. The number of rotatable bonds is 4. The second-order valence-corrected chi connectivity index (χ2v) is 6.16. The van der Waals surface area contributed by atoms with Crippen molar-refractivity contribution in [3.63, 3.8) is 0 Å². The molecule has 0 saturated carbocycles. The Kier molecular flexibility index (Phi) is 3.84. The summed E-state index contributed by atoms with van der Waals surface area (Å²) in [4.78, 5) is 0. The molecule has 0 fully saturated rings. The van der Waals surface area contributed by atoms with Crippen molar-refractivity contribution < 1.29 is 5.11 Å². The zero-order valence-electron chi connectivity index (χ0n) is 11.2. The normalized spacial score (nSPS) is 14.7. The number of benzene rings is 1. The molecule has 0 aliphatic heterocycles. The third-order valence-corrected chi connectivity index (χ3v) is 2.92. The van der Waals surface area contributed by atoms with Crippen molar-refractivity contribution in [2.24, 2.45) is 11.5 Å². The number of nitrogens with two attached hydrogens (primary N) is 2. The van der Waals surface area contributed by atoms with Crippen LogP contribution in [0, 0.1) is 0 Å². The van der Waals surface area contributed by atoms with Crippen LogP contribution in [0.4, 0.5) is 0 Å². The van der Waals surface area contributed by atoms with Gasteiger partial charge < -0.3 is 16.6 Å². The second kappa shape index (κ2) is 4.67. The minimum Gasteiger partial charge on any atom is -0.508 e. The maximum atomic E-state index is 9.32. The van der Waals surface area contributed by atoms with Gasteiger partial charge in [-0.05, 0) is 51.8 Å². The smallest absolute Gasteiger partial charge is 0.115 e. The van der Waals surface area contributed by atoms with Crippen LogP contribution >= 0.6 is 0 Å². The molecule has 1 rings (SSSR count). The molecule has 0 saturated heterocycles. The number of phenolic OH excluding ortho intramolecular Hbond substituents is 1. The summed E-state index contributed by atoms with van der Waals surface area (Å²) in [5.74, 6) is 0.442. The molecule has 0 bridgehead atoms. The van der Waals surface area contributed by atoms with Gasteiger partial charge in [0.2, 0.25) is 0 Å². The van der Waals surface area contributed by atoms with Crippen molar-refractivity contribution in [1.29, 1.82) is 0 Å². The number of hydrogen-bond donors (Lipinski definition) is 3. The highest BCUT2D eigenvalue weighted by atomic mass is 16.3. The molecular formula is C14H24N2O. The Labute approximate surface area is 104 Å². The Balaban J connectivity index is 3.03. The quantitative estimate of drug-likeness (QED) is 0.751. The van der Waals surface area contributed by atoms with E-state index in [-0.39, 0.29) is 22.7 Å². The lowest BCUT2D eigenvalue weighted by atomic mass is 9.75. The predicted molar refractivity (Wildman–Crippen MR) is 72.0 cm³/mol. The van der Waals surface area contributed by atoms with Crippen LogP contribution in [0.3, 0.4) is 0 Å². The van der Waals surface area contributed by atoms with Crippen molar-refractivity contribution in [3.05, 3.63) is 29.8 Å². The van der Waals surface area contributed by atoms with Crippen LogP contribution in [0.2, 0.25) is 0 Å². The first-order valence-electron chi connectivity index (χ1n) is 5.96. The maximum Gasteiger partial charge on any atom is 0.115 e. The molecule has 0 aromatic heterocycles. The lowest BCUT2D eigenvalue weighted by molar-refractivity contribution is 0.323. The Bertz CT molecular complexity index is 357. The van der Waals surface area contributed by atoms with E-state index >= 15 is 0 Å². The Morgan fingerprint density at radius 1 is 1.06 bits per heavy atom. The zero-order chi connectivity index (χ0) is 13.3. The van der Waals surface area contributed by atoms with Crippen LogP contribution in [0.1, 0.15) is 45.6 Å². The van der Waals surface area contributed by atoms with Crippen LogP contribution < -0.4 is 11.5 Å². The van der Waals surface area contributed by atoms with Gasteiger partial charge in [-0.25, -0.2) is 0 Å². The monoisotopic (exact) mass is 236 g/mol. The molecule has 0 radical (unpaired) electrons. The van der Waals surface area contributed by atoms with E-state index in [0.29, 0.717) is 0 Å². The predicted octanol–water partition coefficient (Wildman–Crippen LogP) is 2.34. The highest BCUT2D eigenvalue weighted by Gasteiger charge is 2.30. The molecule has 3 nitrogen and oxygen atoms in total. The average molecular weight is 236 g/mol. The molecule has 0 aliphatic rings. The van der Waals surface area contributed by atoms with Gasteiger partial charge >= 0.3 is 0 Å². The summed E-state index contributed by atoms with van der Waals surface area (Å²) >= 11 is 0. The summed E-state index contributed by atoms with van der Waals surface area (Å²) < 4.78 is 0. The van der Waals surface area contributed by atoms with E-state index in [2.05, 4.69) is 0 Å². The molecule has 5 N–H and O–H groups in total. The van der Waals surface area contributed by atoms with Gasteiger partial charge in [0.1, 0.15) is 5.75 Å². The van der Waals surface area contributed by atoms with Gasteiger partial charge in [-0.1, -0.05) is 12.1 Å². The maximum absolute atomic E-state index is 9.32. The molecule has 1 atom stereocenters. The third-order valence-electron chi connectivity index (χ3n) is 2.92. The summed E-state index contributed by atoms with van der Waals surface area (Å²) in [7, 11) is 0. The summed E-state index contributed by atoms with van der Waals surface area (Å²) in [6.07, 6.45) is 0.807. The van der Waals surface area contributed by atoms with E-state index in [1.165, 1.54) is 0 Å². The first-order chi connectivity index (χ1) is 7.59. The Morgan fingerprint density at radius 2 is 1.53 bits per heavy atom. The third kappa shape index (κ3) is 4.36. The molecule has 96 valence electrons. The molecule has 0 spiro atoms. The van der Waals surface area contributed by atoms with Crippen molar-refractivity contribution in [2.75, 3.05) is 0 Å². The average Bonchev–Trinajstić information content (AvgIpc) is 2.13. The van der Waals surface area contributed by atoms with Gasteiger partial charge in [-0.3, -0.25) is 0 Å². The van der Waals surface area contributed by atoms with Gasteiger partial charge in [0.15, 0.2) is 0 Å². The second-order valence-electron chi connectivity index (χ2n) is 6.16. The standard InChI is InChI=1S/C14H24N2O/c1-13(2,15)9-12(14(3,4)16)10-5-7-11(17)8-6-10/h5-8,12,17H,9,15-16H2,1-4H3. The Morgan fingerprint density at radius 3 is 1.88 bits per heavy atom. The van der Waals surface area contributed by atoms with Gasteiger partial charge in [0, 0.05) is 17.0 Å². The van der Waals surface area contributed by atoms with E-state index in [0.717, 1.165) is 12.0 Å². The highest BCUT2D eigenvalue weighted by Crippen LogP contribution is 2.33. The van der Waals surface area contributed by atoms with Crippen LogP contribution in [-0.2, 0) is 0 Å². The lowest BCUT2D eigenvalue weighted by Crippen LogP contribution is -2.45. The van der Waals surface area contributed by atoms with Crippen molar-refractivity contribution >= 4 is 0 Å². The van der Waals surface area contributed by atoms with Crippen LogP contribution in [0.25, 0.3) is 0 Å². The van der Waals surface area contributed by atoms with E-state index in [4.69, 9.17) is 11.5 Å². The summed E-state index contributed by atoms with van der Waals surface area (Å²) in [5.41, 5.74) is 12.8. The van der Waals surface area contributed by atoms with Crippen molar-refractivity contribution in [2.45, 2.75) is 51.1 Å².